The van der Waals surface area contributed by atoms with Crippen LogP contribution in [0.3, 0.4) is 0 Å². The van der Waals surface area contributed by atoms with Crippen LogP contribution in [0.1, 0.15) is 18.9 Å². The fraction of sp³-hybridized carbons (Fsp3) is 0.429. The molecule has 0 aliphatic rings. The number of urea groups is 1. The summed E-state index contributed by atoms with van der Waals surface area (Å²) < 4.78 is 0. The lowest BCUT2D eigenvalue weighted by atomic mass is 10.1. The lowest BCUT2D eigenvalue weighted by Gasteiger charge is -2.21. The molecule has 1 aromatic rings. The van der Waals surface area contributed by atoms with Gasteiger partial charge in [-0.05, 0) is 31.0 Å². The van der Waals surface area contributed by atoms with Gasteiger partial charge >= 0.3 is 12.0 Å². The maximum atomic E-state index is 11.8. The number of hydrogen-bond donors (Lipinski definition) is 3. The smallest absolute Gasteiger partial charge is 0.317 e. The molecular formula is C14H20N2O4. The number of aliphatic carboxylic acids is 1. The largest absolute Gasteiger partial charge is 0.508 e. The van der Waals surface area contributed by atoms with Gasteiger partial charge in [-0.25, -0.2) is 4.79 Å². The molecule has 1 aromatic carbocycles. The highest BCUT2D eigenvalue weighted by Gasteiger charge is 2.13. The molecule has 0 bridgehead atoms. The molecule has 110 valence electrons. The van der Waals surface area contributed by atoms with Crippen molar-refractivity contribution in [2.24, 2.45) is 0 Å². The van der Waals surface area contributed by atoms with Crippen LogP contribution < -0.4 is 5.32 Å². The summed E-state index contributed by atoms with van der Waals surface area (Å²) in [6.07, 6.45) is 0.512. The Morgan fingerprint density at radius 1 is 1.40 bits per heavy atom. The van der Waals surface area contributed by atoms with Gasteiger partial charge in [-0.2, -0.15) is 0 Å². The summed E-state index contributed by atoms with van der Waals surface area (Å²) in [6, 6.07) is 6.44. The van der Waals surface area contributed by atoms with Crippen molar-refractivity contribution < 1.29 is 19.8 Å². The van der Waals surface area contributed by atoms with E-state index in [2.05, 4.69) is 5.32 Å². The Labute approximate surface area is 118 Å². The Kier molecular flexibility index (Phi) is 5.83. The van der Waals surface area contributed by atoms with Crippen LogP contribution >= 0.6 is 0 Å². The molecular weight excluding hydrogens is 260 g/mol. The molecule has 0 saturated heterocycles. The number of rotatable bonds is 6. The number of carboxylic acids is 1. The van der Waals surface area contributed by atoms with E-state index in [1.165, 1.54) is 4.90 Å². The van der Waals surface area contributed by atoms with E-state index >= 15 is 0 Å². The Hall–Kier alpha value is -2.24. The van der Waals surface area contributed by atoms with Crippen molar-refractivity contribution in [2.75, 3.05) is 13.6 Å². The van der Waals surface area contributed by atoms with E-state index in [9.17, 15) is 14.7 Å². The number of benzene rings is 1. The summed E-state index contributed by atoms with van der Waals surface area (Å²) in [5.74, 6) is -0.739. The number of phenolic OH excluding ortho intramolecular Hbond substituents is 1. The fourth-order valence-corrected chi connectivity index (χ4v) is 1.77. The van der Waals surface area contributed by atoms with Crippen LogP contribution in [0.2, 0.25) is 0 Å². The van der Waals surface area contributed by atoms with Crippen LogP contribution in [0.25, 0.3) is 0 Å². The zero-order valence-electron chi connectivity index (χ0n) is 11.7. The van der Waals surface area contributed by atoms with Crippen LogP contribution in [0.5, 0.6) is 5.75 Å². The number of nitrogens with one attached hydrogen (secondary N) is 1. The second-order valence-electron chi connectivity index (χ2n) is 4.79. The summed E-state index contributed by atoms with van der Waals surface area (Å²) in [7, 11) is 1.55. The predicted molar refractivity (Wildman–Crippen MR) is 74.7 cm³/mol. The first kappa shape index (κ1) is 15.8. The maximum absolute atomic E-state index is 11.8. The number of hydrogen-bond acceptors (Lipinski definition) is 3. The normalized spacial score (nSPS) is 11.7. The highest BCUT2D eigenvalue weighted by molar-refractivity contribution is 5.75. The number of nitrogens with zero attached hydrogens (tertiary/aromatic N) is 1. The van der Waals surface area contributed by atoms with Crippen molar-refractivity contribution in [1.82, 2.24) is 10.2 Å². The van der Waals surface area contributed by atoms with Crippen LogP contribution in [0.4, 0.5) is 4.79 Å². The van der Waals surface area contributed by atoms with Gasteiger partial charge < -0.3 is 20.4 Å². The molecule has 2 amide bonds. The second-order valence-corrected chi connectivity index (χ2v) is 4.79. The van der Waals surface area contributed by atoms with Crippen molar-refractivity contribution >= 4 is 12.0 Å². The summed E-state index contributed by atoms with van der Waals surface area (Å²) in [5, 5.41) is 20.7. The Bertz CT molecular complexity index is 476. The minimum Gasteiger partial charge on any atom is -0.508 e. The number of amides is 2. The molecule has 0 saturated carbocycles. The number of phenols is 1. The molecule has 20 heavy (non-hydrogen) atoms. The molecule has 0 spiro atoms. The summed E-state index contributed by atoms with van der Waals surface area (Å²) >= 11 is 0. The topological polar surface area (TPSA) is 89.9 Å². The van der Waals surface area contributed by atoms with Crippen LogP contribution in [-0.2, 0) is 11.2 Å². The van der Waals surface area contributed by atoms with Gasteiger partial charge in [0.15, 0.2) is 0 Å². The van der Waals surface area contributed by atoms with Gasteiger partial charge in [0.2, 0.25) is 0 Å². The van der Waals surface area contributed by atoms with Crippen molar-refractivity contribution in [1.29, 1.82) is 0 Å². The molecule has 1 rings (SSSR count). The monoisotopic (exact) mass is 280 g/mol. The highest BCUT2D eigenvalue weighted by Crippen LogP contribution is 2.12. The van der Waals surface area contributed by atoms with E-state index in [0.29, 0.717) is 6.42 Å². The van der Waals surface area contributed by atoms with E-state index < -0.39 is 5.97 Å². The van der Waals surface area contributed by atoms with E-state index in [-0.39, 0.29) is 30.8 Å². The van der Waals surface area contributed by atoms with Crippen molar-refractivity contribution in [3.05, 3.63) is 29.8 Å². The zero-order valence-corrected chi connectivity index (χ0v) is 11.7. The number of carboxylic acid groups (broad SMARTS) is 1. The van der Waals surface area contributed by atoms with Crippen molar-refractivity contribution in [2.45, 2.75) is 25.8 Å². The average molecular weight is 280 g/mol. The van der Waals surface area contributed by atoms with Gasteiger partial charge in [0.1, 0.15) is 5.75 Å². The Morgan fingerprint density at radius 3 is 2.70 bits per heavy atom. The molecule has 6 nitrogen and oxygen atoms in total. The van der Waals surface area contributed by atoms with Gasteiger partial charge in [-0.1, -0.05) is 12.1 Å². The minimum atomic E-state index is -0.933. The van der Waals surface area contributed by atoms with E-state index in [4.69, 9.17) is 5.11 Å². The maximum Gasteiger partial charge on any atom is 0.317 e. The van der Waals surface area contributed by atoms with Gasteiger partial charge in [0, 0.05) is 19.6 Å². The van der Waals surface area contributed by atoms with Gasteiger partial charge in [0.25, 0.3) is 0 Å². The molecule has 1 atom stereocenters. The lowest BCUT2D eigenvalue weighted by Crippen LogP contribution is -2.43. The molecule has 0 aliphatic carbocycles. The third-order valence-corrected chi connectivity index (χ3v) is 2.83. The molecule has 3 N–H and O–H groups in total. The number of carbonyl (C=O) groups is 2. The predicted octanol–water partition coefficient (Wildman–Crippen LogP) is 1.44. The van der Waals surface area contributed by atoms with Crippen LogP contribution in [0.15, 0.2) is 24.3 Å². The number of aromatic hydroxyl groups is 1. The molecule has 0 radical (unpaired) electrons. The molecule has 0 aromatic heterocycles. The standard InChI is InChI=1S/C14H20N2O4/c1-10(8-11-4-3-5-12(17)9-11)15-14(20)16(2)7-6-13(18)19/h3-5,9-10,17H,6-8H2,1-2H3,(H,15,20)(H,18,19). The fourth-order valence-electron chi connectivity index (χ4n) is 1.77. The van der Waals surface area contributed by atoms with E-state index in [0.717, 1.165) is 5.56 Å². The molecule has 0 heterocycles. The van der Waals surface area contributed by atoms with Crippen molar-refractivity contribution in [3.63, 3.8) is 0 Å². The Morgan fingerprint density at radius 2 is 2.10 bits per heavy atom. The third kappa shape index (κ3) is 5.60. The van der Waals surface area contributed by atoms with E-state index in [1.807, 2.05) is 13.0 Å². The first-order chi connectivity index (χ1) is 9.38. The highest BCUT2D eigenvalue weighted by atomic mass is 16.4. The molecule has 1 unspecified atom stereocenters. The summed E-state index contributed by atoms with van der Waals surface area (Å²) in [4.78, 5) is 23.6. The summed E-state index contributed by atoms with van der Waals surface area (Å²) in [6.45, 7) is 2.02. The van der Waals surface area contributed by atoms with Gasteiger partial charge in [0.05, 0.1) is 6.42 Å². The van der Waals surface area contributed by atoms with Gasteiger partial charge in [-0.3, -0.25) is 4.79 Å². The van der Waals surface area contributed by atoms with Crippen LogP contribution in [-0.4, -0.2) is 46.7 Å². The third-order valence-electron chi connectivity index (χ3n) is 2.83. The molecule has 6 heteroatoms. The Balaban J connectivity index is 2.43. The lowest BCUT2D eigenvalue weighted by molar-refractivity contribution is -0.137. The second kappa shape index (κ2) is 7.37. The quantitative estimate of drug-likeness (QED) is 0.735. The zero-order chi connectivity index (χ0) is 15.1. The van der Waals surface area contributed by atoms with E-state index in [1.54, 1.807) is 25.2 Å². The van der Waals surface area contributed by atoms with Gasteiger partial charge in [-0.15, -0.1) is 0 Å². The SMILES string of the molecule is CC(Cc1cccc(O)c1)NC(=O)N(C)CCC(=O)O. The minimum absolute atomic E-state index is 0.0785. The molecule has 0 fully saturated rings. The first-order valence-corrected chi connectivity index (χ1v) is 6.40. The molecule has 0 aliphatic heterocycles. The van der Waals surface area contributed by atoms with Crippen LogP contribution in [0, 0.1) is 0 Å². The average Bonchev–Trinajstić information content (AvgIpc) is 2.35. The van der Waals surface area contributed by atoms with Crippen molar-refractivity contribution in [3.8, 4) is 5.75 Å². The first-order valence-electron chi connectivity index (χ1n) is 6.40. The summed E-state index contributed by atoms with van der Waals surface area (Å²) in [5.41, 5.74) is 0.922. The number of carbonyl (C=O) groups excluding carboxylic acids is 1.